The first-order valence-electron chi connectivity index (χ1n) is 8.51. The standard InChI is InChI=1S/C20H20BrClN4O/c1-12-11-23-20(26-19(12)24-15-6-4-3-5-7-15)25-16-9-14(8-13(2)27)18(21)17(22)10-16/h3-7,9-11,13,27H,8H2,1-2H3,(H2,23,24,25,26). The van der Waals surface area contributed by atoms with E-state index in [2.05, 4.69) is 36.5 Å². The Hall–Kier alpha value is -2.15. The fraction of sp³-hybridized carbons (Fsp3) is 0.200. The van der Waals surface area contributed by atoms with E-state index in [0.29, 0.717) is 17.4 Å². The molecule has 5 nitrogen and oxygen atoms in total. The molecule has 0 amide bonds. The molecule has 1 aromatic heterocycles. The van der Waals surface area contributed by atoms with Gasteiger partial charge in [0.15, 0.2) is 0 Å². The van der Waals surface area contributed by atoms with E-state index >= 15 is 0 Å². The molecule has 0 aliphatic carbocycles. The van der Waals surface area contributed by atoms with Crippen molar-refractivity contribution >= 4 is 50.7 Å². The second-order valence-electron chi connectivity index (χ2n) is 6.33. The number of anilines is 4. The number of aliphatic hydroxyl groups excluding tert-OH is 1. The Kier molecular flexibility index (Phi) is 6.31. The average Bonchev–Trinajstić information content (AvgIpc) is 2.62. The summed E-state index contributed by atoms with van der Waals surface area (Å²) in [5.41, 5.74) is 3.56. The van der Waals surface area contributed by atoms with E-state index < -0.39 is 6.10 Å². The van der Waals surface area contributed by atoms with Crippen molar-refractivity contribution in [3.8, 4) is 0 Å². The zero-order valence-corrected chi connectivity index (χ0v) is 17.3. The molecule has 7 heteroatoms. The second-order valence-corrected chi connectivity index (χ2v) is 7.53. The van der Waals surface area contributed by atoms with E-state index in [1.165, 1.54) is 0 Å². The summed E-state index contributed by atoms with van der Waals surface area (Å²) in [5, 5.41) is 16.7. The van der Waals surface area contributed by atoms with Crippen molar-refractivity contribution in [3.05, 3.63) is 69.3 Å². The molecule has 0 fully saturated rings. The molecule has 0 spiro atoms. The lowest BCUT2D eigenvalue weighted by Crippen LogP contribution is -2.06. The molecular weight excluding hydrogens is 428 g/mol. The number of nitrogens with zero attached hydrogens (tertiary/aromatic N) is 2. The van der Waals surface area contributed by atoms with Crippen LogP contribution in [-0.2, 0) is 6.42 Å². The van der Waals surface area contributed by atoms with Gasteiger partial charge < -0.3 is 15.7 Å². The number of benzene rings is 2. The van der Waals surface area contributed by atoms with Crippen molar-refractivity contribution in [1.82, 2.24) is 9.97 Å². The first-order valence-corrected chi connectivity index (χ1v) is 9.68. The average molecular weight is 448 g/mol. The number of aliphatic hydroxyl groups is 1. The molecule has 1 heterocycles. The molecule has 1 atom stereocenters. The largest absolute Gasteiger partial charge is 0.393 e. The highest BCUT2D eigenvalue weighted by atomic mass is 79.9. The molecule has 0 bridgehead atoms. The number of hydrogen-bond donors (Lipinski definition) is 3. The zero-order chi connectivity index (χ0) is 19.4. The summed E-state index contributed by atoms with van der Waals surface area (Å²) in [6.45, 7) is 3.69. The molecule has 0 saturated carbocycles. The maximum absolute atomic E-state index is 9.69. The van der Waals surface area contributed by atoms with E-state index in [0.717, 1.165) is 32.8 Å². The third-order valence-electron chi connectivity index (χ3n) is 3.88. The quantitative estimate of drug-likeness (QED) is 0.458. The fourth-order valence-electron chi connectivity index (χ4n) is 2.60. The van der Waals surface area contributed by atoms with Gasteiger partial charge in [-0.25, -0.2) is 4.98 Å². The van der Waals surface area contributed by atoms with E-state index in [9.17, 15) is 5.11 Å². The van der Waals surface area contributed by atoms with Gasteiger partial charge in [-0.15, -0.1) is 0 Å². The van der Waals surface area contributed by atoms with Crippen molar-refractivity contribution in [1.29, 1.82) is 0 Å². The summed E-state index contributed by atoms with van der Waals surface area (Å²) in [6, 6.07) is 13.6. The number of aryl methyl sites for hydroxylation is 1. The van der Waals surface area contributed by atoms with Crippen LogP contribution in [0.2, 0.25) is 5.02 Å². The van der Waals surface area contributed by atoms with E-state index in [1.54, 1.807) is 19.2 Å². The van der Waals surface area contributed by atoms with Gasteiger partial charge in [0.1, 0.15) is 5.82 Å². The second kappa shape index (κ2) is 8.69. The van der Waals surface area contributed by atoms with E-state index in [-0.39, 0.29) is 0 Å². The van der Waals surface area contributed by atoms with E-state index in [4.69, 9.17) is 11.6 Å². The highest BCUT2D eigenvalue weighted by Gasteiger charge is 2.11. The topological polar surface area (TPSA) is 70.1 Å². The number of nitrogens with one attached hydrogen (secondary N) is 2. The summed E-state index contributed by atoms with van der Waals surface area (Å²) < 4.78 is 0.784. The highest BCUT2D eigenvalue weighted by molar-refractivity contribution is 9.10. The van der Waals surface area contributed by atoms with Crippen molar-refractivity contribution in [2.45, 2.75) is 26.4 Å². The molecule has 1 unspecified atom stereocenters. The van der Waals surface area contributed by atoms with Crippen LogP contribution in [0.25, 0.3) is 0 Å². The Bertz CT molecular complexity index is 935. The normalized spacial score (nSPS) is 11.9. The van der Waals surface area contributed by atoms with Gasteiger partial charge in [-0.05, 0) is 66.0 Å². The van der Waals surface area contributed by atoms with Gasteiger partial charge in [0.25, 0.3) is 0 Å². The molecule has 0 aliphatic heterocycles. The maximum atomic E-state index is 9.69. The smallest absolute Gasteiger partial charge is 0.229 e. The van der Waals surface area contributed by atoms with Crippen LogP contribution in [-0.4, -0.2) is 21.2 Å². The van der Waals surface area contributed by atoms with Crippen LogP contribution in [0.15, 0.2) is 53.1 Å². The van der Waals surface area contributed by atoms with E-state index in [1.807, 2.05) is 43.3 Å². The lowest BCUT2D eigenvalue weighted by atomic mass is 10.1. The third kappa shape index (κ3) is 5.19. The minimum absolute atomic E-state index is 0.459. The van der Waals surface area contributed by atoms with Crippen LogP contribution < -0.4 is 10.6 Å². The van der Waals surface area contributed by atoms with Crippen molar-refractivity contribution in [2.75, 3.05) is 10.6 Å². The molecular formula is C20H20BrClN4O. The number of rotatable bonds is 6. The van der Waals surface area contributed by atoms with Crippen LogP contribution in [0.1, 0.15) is 18.1 Å². The molecule has 0 radical (unpaired) electrons. The summed E-state index contributed by atoms with van der Waals surface area (Å²) in [6.07, 6.45) is 1.79. The first kappa shape index (κ1) is 19.6. The molecule has 2 aromatic carbocycles. The van der Waals surface area contributed by atoms with Crippen LogP contribution in [0.3, 0.4) is 0 Å². The van der Waals surface area contributed by atoms with Gasteiger partial charge in [-0.3, -0.25) is 0 Å². The summed E-state index contributed by atoms with van der Waals surface area (Å²) >= 11 is 9.79. The van der Waals surface area contributed by atoms with Crippen LogP contribution in [0.4, 0.5) is 23.1 Å². The van der Waals surface area contributed by atoms with Gasteiger partial charge >= 0.3 is 0 Å². The Morgan fingerprint density at radius 2 is 1.89 bits per heavy atom. The minimum Gasteiger partial charge on any atom is -0.393 e. The Morgan fingerprint density at radius 3 is 2.59 bits per heavy atom. The van der Waals surface area contributed by atoms with Gasteiger partial charge in [-0.1, -0.05) is 29.8 Å². The van der Waals surface area contributed by atoms with Crippen molar-refractivity contribution < 1.29 is 5.11 Å². The van der Waals surface area contributed by atoms with Gasteiger partial charge in [0.05, 0.1) is 11.1 Å². The molecule has 27 heavy (non-hydrogen) atoms. The molecule has 140 valence electrons. The van der Waals surface area contributed by atoms with Gasteiger partial charge in [0.2, 0.25) is 5.95 Å². The number of hydrogen-bond acceptors (Lipinski definition) is 5. The van der Waals surface area contributed by atoms with Crippen molar-refractivity contribution in [2.24, 2.45) is 0 Å². The minimum atomic E-state index is -0.468. The zero-order valence-electron chi connectivity index (χ0n) is 15.0. The number of para-hydroxylation sites is 1. The molecule has 3 rings (SSSR count). The molecule has 3 N–H and O–H groups in total. The fourth-order valence-corrected chi connectivity index (χ4v) is 3.23. The first-order chi connectivity index (χ1) is 12.9. The number of aromatic nitrogens is 2. The molecule has 0 aliphatic rings. The van der Waals surface area contributed by atoms with Gasteiger partial charge in [0, 0.05) is 27.6 Å². The number of halogens is 2. The van der Waals surface area contributed by atoms with Crippen LogP contribution in [0.5, 0.6) is 0 Å². The summed E-state index contributed by atoms with van der Waals surface area (Å²) in [4.78, 5) is 8.92. The monoisotopic (exact) mass is 446 g/mol. The predicted molar refractivity (Wildman–Crippen MR) is 114 cm³/mol. The summed E-state index contributed by atoms with van der Waals surface area (Å²) in [5.74, 6) is 1.19. The Labute approximate surface area is 172 Å². The maximum Gasteiger partial charge on any atom is 0.229 e. The van der Waals surface area contributed by atoms with Gasteiger partial charge in [-0.2, -0.15) is 4.98 Å². The van der Waals surface area contributed by atoms with Crippen molar-refractivity contribution in [3.63, 3.8) is 0 Å². The Balaban J connectivity index is 1.85. The summed E-state index contributed by atoms with van der Waals surface area (Å²) in [7, 11) is 0. The Morgan fingerprint density at radius 1 is 1.15 bits per heavy atom. The lowest BCUT2D eigenvalue weighted by molar-refractivity contribution is 0.195. The molecule has 0 saturated heterocycles. The third-order valence-corrected chi connectivity index (χ3v) is 5.35. The van der Waals surface area contributed by atoms with Crippen LogP contribution in [0, 0.1) is 6.92 Å². The van der Waals surface area contributed by atoms with Crippen LogP contribution >= 0.6 is 27.5 Å². The highest BCUT2D eigenvalue weighted by Crippen LogP contribution is 2.32. The predicted octanol–water partition coefficient (Wildman–Crippen LogP) is 5.61. The SMILES string of the molecule is Cc1cnc(Nc2cc(Cl)c(Br)c(CC(C)O)c2)nc1Nc1ccccc1. The lowest BCUT2D eigenvalue weighted by Gasteiger charge is -2.14. The molecule has 3 aromatic rings.